The number of carbonyl (C=O) groups is 1. The fraction of sp³-hybridized carbons (Fsp3) is 0.167. The zero-order chi connectivity index (χ0) is 14.8. The summed E-state index contributed by atoms with van der Waals surface area (Å²) in [6.07, 6.45) is 2.73. The second-order valence-electron chi connectivity index (χ2n) is 4.28. The van der Waals surface area contributed by atoms with Gasteiger partial charge in [0, 0.05) is 18.1 Å². The monoisotopic (exact) mass is 294 g/mol. The lowest BCUT2D eigenvalue weighted by atomic mass is 10.3. The molecule has 0 unspecified atom stereocenters. The number of nitrogens with two attached hydrogens (primary N) is 1. The maximum atomic E-state index is 11.7. The molecule has 8 heteroatoms. The fourth-order valence-corrected chi connectivity index (χ4v) is 2.23. The summed E-state index contributed by atoms with van der Waals surface area (Å²) in [5.41, 5.74) is 5.96. The summed E-state index contributed by atoms with van der Waals surface area (Å²) in [5, 5.41) is 6.54. The molecule has 0 aliphatic heterocycles. The highest BCUT2D eigenvalue weighted by Gasteiger charge is 2.08. The Hall–Kier alpha value is -2.35. The third-order valence-electron chi connectivity index (χ3n) is 2.53. The van der Waals surface area contributed by atoms with Crippen LogP contribution in [0.25, 0.3) is 0 Å². The van der Waals surface area contributed by atoms with Crippen LogP contribution in [0.1, 0.15) is 0 Å². The Morgan fingerprint density at radius 2 is 1.95 bits per heavy atom. The Bertz CT molecular complexity index is 719. The SMILES string of the molecule is CS(=O)(=O)c1ccc(NC(=O)Cn2ccc(N)n2)cc1. The lowest BCUT2D eigenvalue weighted by Gasteiger charge is -2.06. The first-order valence-corrected chi connectivity index (χ1v) is 7.62. The van der Waals surface area contributed by atoms with E-state index < -0.39 is 9.84 Å². The Balaban J connectivity index is 2.01. The van der Waals surface area contributed by atoms with E-state index in [1.165, 1.54) is 28.9 Å². The van der Waals surface area contributed by atoms with Gasteiger partial charge in [0.2, 0.25) is 5.91 Å². The number of hydrogen-bond acceptors (Lipinski definition) is 5. The van der Waals surface area contributed by atoms with Gasteiger partial charge in [-0.25, -0.2) is 8.42 Å². The molecule has 0 atom stereocenters. The second kappa shape index (κ2) is 5.33. The van der Waals surface area contributed by atoms with Crippen LogP contribution in [-0.2, 0) is 21.2 Å². The van der Waals surface area contributed by atoms with Crippen molar-refractivity contribution in [3.63, 3.8) is 0 Å². The molecular weight excluding hydrogens is 280 g/mol. The molecule has 2 aromatic rings. The highest BCUT2D eigenvalue weighted by Crippen LogP contribution is 2.13. The molecule has 0 saturated carbocycles. The number of benzene rings is 1. The Kier molecular flexibility index (Phi) is 3.75. The number of sulfone groups is 1. The Morgan fingerprint density at radius 3 is 2.45 bits per heavy atom. The summed E-state index contributed by atoms with van der Waals surface area (Å²) < 4.78 is 24.0. The highest BCUT2D eigenvalue weighted by atomic mass is 32.2. The quantitative estimate of drug-likeness (QED) is 0.854. The van der Waals surface area contributed by atoms with Crippen LogP contribution in [0.4, 0.5) is 11.5 Å². The van der Waals surface area contributed by atoms with Crippen LogP contribution in [0.3, 0.4) is 0 Å². The predicted molar refractivity (Wildman–Crippen MR) is 74.8 cm³/mol. The Labute approximate surface area is 116 Å². The van der Waals surface area contributed by atoms with Crippen LogP contribution in [0, 0.1) is 0 Å². The third-order valence-corrected chi connectivity index (χ3v) is 3.66. The first-order valence-electron chi connectivity index (χ1n) is 5.73. The maximum Gasteiger partial charge on any atom is 0.246 e. The first-order chi connectivity index (χ1) is 9.34. The fourth-order valence-electron chi connectivity index (χ4n) is 1.60. The van der Waals surface area contributed by atoms with E-state index in [1.807, 2.05) is 0 Å². The van der Waals surface area contributed by atoms with Crippen molar-refractivity contribution >= 4 is 27.2 Å². The van der Waals surface area contributed by atoms with Crippen LogP contribution in [-0.4, -0.2) is 30.4 Å². The van der Waals surface area contributed by atoms with Crippen molar-refractivity contribution in [1.82, 2.24) is 9.78 Å². The van der Waals surface area contributed by atoms with Gasteiger partial charge in [-0.2, -0.15) is 5.10 Å². The van der Waals surface area contributed by atoms with E-state index in [2.05, 4.69) is 10.4 Å². The van der Waals surface area contributed by atoms with Crippen molar-refractivity contribution in [2.45, 2.75) is 11.4 Å². The van der Waals surface area contributed by atoms with Crippen molar-refractivity contribution in [3.05, 3.63) is 36.5 Å². The lowest BCUT2D eigenvalue weighted by molar-refractivity contribution is -0.116. The predicted octanol–water partition coefficient (Wildman–Crippen LogP) is 0.507. The molecule has 0 radical (unpaired) electrons. The molecule has 0 bridgehead atoms. The summed E-state index contributed by atoms with van der Waals surface area (Å²) in [6, 6.07) is 7.54. The molecule has 0 fully saturated rings. The van der Waals surface area contributed by atoms with E-state index in [0.29, 0.717) is 11.5 Å². The van der Waals surface area contributed by atoms with Gasteiger partial charge in [-0.05, 0) is 30.3 Å². The number of nitrogens with zero attached hydrogens (tertiary/aromatic N) is 2. The van der Waals surface area contributed by atoms with Gasteiger partial charge in [-0.15, -0.1) is 0 Å². The van der Waals surface area contributed by atoms with Gasteiger partial charge in [0.25, 0.3) is 0 Å². The number of aromatic nitrogens is 2. The van der Waals surface area contributed by atoms with E-state index in [1.54, 1.807) is 12.3 Å². The minimum Gasteiger partial charge on any atom is -0.382 e. The van der Waals surface area contributed by atoms with Crippen molar-refractivity contribution in [2.75, 3.05) is 17.3 Å². The van der Waals surface area contributed by atoms with Crippen LogP contribution >= 0.6 is 0 Å². The minimum atomic E-state index is -3.23. The van der Waals surface area contributed by atoms with E-state index in [-0.39, 0.29) is 17.3 Å². The largest absolute Gasteiger partial charge is 0.382 e. The molecule has 1 heterocycles. The van der Waals surface area contributed by atoms with Crippen LogP contribution in [0.5, 0.6) is 0 Å². The zero-order valence-electron chi connectivity index (χ0n) is 10.8. The van der Waals surface area contributed by atoms with Crippen LogP contribution in [0.2, 0.25) is 0 Å². The lowest BCUT2D eigenvalue weighted by Crippen LogP contribution is -2.19. The van der Waals surface area contributed by atoms with Gasteiger partial charge < -0.3 is 11.1 Å². The van der Waals surface area contributed by atoms with Crippen molar-refractivity contribution < 1.29 is 13.2 Å². The normalized spacial score (nSPS) is 11.2. The average Bonchev–Trinajstić information content (AvgIpc) is 2.74. The molecule has 0 aliphatic rings. The van der Waals surface area contributed by atoms with Gasteiger partial charge in [0.15, 0.2) is 9.84 Å². The molecule has 20 heavy (non-hydrogen) atoms. The van der Waals surface area contributed by atoms with Gasteiger partial charge in [-0.1, -0.05) is 0 Å². The van der Waals surface area contributed by atoms with Crippen LogP contribution in [0.15, 0.2) is 41.4 Å². The standard InChI is InChI=1S/C12H14N4O3S/c1-20(18,19)10-4-2-9(3-5-10)14-12(17)8-16-7-6-11(13)15-16/h2-7H,8H2,1H3,(H2,13,15)(H,14,17). The molecule has 7 nitrogen and oxygen atoms in total. The summed E-state index contributed by atoms with van der Waals surface area (Å²) in [4.78, 5) is 11.9. The van der Waals surface area contributed by atoms with Crippen LogP contribution < -0.4 is 11.1 Å². The van der Waals surface area contributed by atoms with Gasteiger partial charge in [-0.3, -0.25) is 9.48 Å². The molecule has 3 N–H and O–H groups in total. The maximum absolute atomic E-state index is 11.7. The van der Waals surface area contributed by atoms with E-state index >= 15 is 0 Å². The van der Waals surface area contributed by atoms with Crippen molar-refractivity contribution in [3.8, 4) is 0 Å². The van der Waals surface area contributed by atoms with Crippen molar-refractivity contribution in [2.24, 2.45) is 0 Å². The third kappa shape index (κ3) is 3.58. The smallest absolute Gasteiger partial charge is 0.246 e. The number of nitrogens with one attached hydrogen (secondary N) is 1. The summed E-state index contributed by atoms with van der Waals surface area (Å²) in [6.45, 7) is 0.0328. The van der Waals surface area contributed by atoms with E-state index in [9.17, 15) is 13.2 Å². The molecule has 1 aromatic heterocycles. The number of nitrogen functional groups attached to an aromatic ring is 1. The number of carbonyl (C=O) groups excluding carboxylic acids is 1. The second-order valence-corrected chi connectivity index (χ2v) is 6.30. The Morgan fingerprint density at radius 1 is 1.30 bits per heavy atom. The van der Waals surface area contributed by atoms with Gasteiger partial charge >= 0.3 is 0 Å². The summed E-state index contributed by atoms with van der Waals surface area (Å²) in [5.74, 6) is 0.0653. The molecule has 106 valence electrons. The molecule has 0 saturated heterocycles. The number of hydrogen-bond donors (Lipinski definition) is 2. The summed E-state index contributed by atoms with van der Waals surface area (Å²) >= 11 is 0. The highest BCUT2D eigenvalue weighted by molar-refractivity contribution is 7.90. The molecule has 0 spiro atoms. The number of rotatable bonds is 4. The molecule has 0 aliphatic carbocycles. The average molecular weight is 294 g/mol. The van der Waals surface area contributed by atoms with E-state index in [0.717, 1.165) is 6.26 Å². The number of anilines is 2. The molecule has 1 amide bonds. The topological polar surface area (TPSA) is 107 Å². The van der Waals surface area contributed by atoms with Crippen molar-refractivity contribution in [1.29, 1.82) is 0 Å². The number of amides is 1. The van der Waals surface area contributed by atoms with E-state index in [4.69, 9.17) is 5.73 Å². The molecule has 1 aromatic carbocycles. The zero-order valence-corrected chi connectivity index (χ0v) is 11.6. The van der Waals surface area contributed by atoms with Gasteiger partial charge in [0.05, 0.1) is 4.90 Å². The van der Waals surface area contributed by atoms with Gasteiger partial charge in [0.1, 0.15) is 12.4 Å². The summed E-state index contributed by atoms with van der Waals surface area (Å²) in [7, 11) is -3.23. The first kappa shape index (κ1) is 14.1. The molecule has 2 rings (SSSR count). The molecular formula is C12H14N4O3S. The minimum absolute atomic E-state index is 0.0328.